The van der Waals surface area contributed by atoms with Gasteiger partial charge in [-0.25, -0.2) is 4.98 Å². The molecule has 2 heterocycles. The Morgan fingerprint density at radius 1 is 1.17 bits per heavy atom. The summed E-state index contributed by atoms with van der Waals surface area (Å²) in [6.07, 6.45) is 0.151. The molecule has 1 amide bonds. The van der Waals surface area contributed by atoms with E-state index in [4.69, 9.17) is 9.47 Å². The summed E-state index contributed by atoms with van der Waals surface area (Å²) in [7, 11) is 0. The summed E-state index contributed by atoms with van der Waals surface area (Å²) in [5.41, 5.74) is 2.50. The number of thiazole rings is 1. The molecule has 1 aromatic heterocycles. The lowest BCUT2D eigenvalue weighted by Gasteiger charge is -2.17. The Morgan fingerprint density at radius 3 is 2.67 bits per heavy atom. The van der Waals surface area contributed by atoms with Crippen LogP contribution in [0.2, 0.25) is 0 Å². The highest BCUT2D eigenvalue weighted by molar-refractivity contribution is 7.13. The number of rotatable bonds is 7. The van der Waals surface area contributed by atoms with Crippen LogP contribution in [0, 0.1) is 5.92 Å². The number of ether oxygens (including phenoxy) is 2. The second-order valence-electron chi connectivity index (χ2n) is 6.95. The van der Waals surface area contributed by atoms with Crippen molar-refractivity contribution < 1.29 is 19.1 Å². The standard InChI is InChI=1S/C23H22N2O4S/c1-2-28-20-10-8-19(9-11-20)25-13-17(12-21(25)26)23(27)29-14-18-15-30-22(24-18)16-6-4-3-5-7-16/h3-11,15,17H,2,12-14H2,1H3. The van der Waals surface area contributed by atoms with Gasteiger partial charge in [-0.3, -0.25) is 9.59 Å². The smallest absolute Gasteiger partial charge is 0.311 e. The number of carbonyl (C=O) groups is 2. The van der Waals surface area contributed by atoms with Crippen LogP contribution in [0.15, 0.2) is 60.0 Å². The SMILES string of the molecule is CCOc1ccc(N2CC(C(=O)OCc3csc(-c4ccccc4)n3)CC2=O)cc1. The van der Waals surface area contributed by atoms with E-state index in [-0.39, 0.29) is 24.9 Å². The van der Waals surface area contributed by atoms with Crippen LogP contribution in [0.1, 0.15) is 19.0 Å². The number of hydrogen-bond donors (Lipinski definition) is 0. The van der Waals surface area contributed by atoms with E-state index in [2.05, 4.69) is 4.98 Å². The summed E-state index contributed by atoms with van der Waals surface area (Å²) < 4.78 is 10.9. The van der Waals surface area contributed by atoms with Crippen molar-refractivity contribution in [3.05, 3.63) is 65.7 Å². The molecule has 0 spiro atoms. The molecule has 4 rings (SSSR count). The minimum atomic E-state index is -0.476. The maximum absolute atomic E-state index is 12.5. The highest BCUT2D eigenvalue weighted by atomic mass is 32.1. The predicted molar refractivity (Wildman–Crippen MR) is 115 cm³/mol. The van der Waals surface area contributed by atoms with Crippen molar-refractivity contribution in [1.29, 1.82) is 0 Å². The molecule has 1 aliphatic rings. The molecule has 0 bridgehead atoms. The lowest BCUT2D eigenvalue weighted by atomic mass is 10.1. The molecular formula is C23H22N2O4S. The molecular weight excluding hydrogens is 400 g/mol. The molecule has 1 unspecified atom stereocenters. The molecule has 154 valence electrons. The Balaban J connectivity index is 1.33. The van der Waals surface area contributed by atoms with Crippen LogP contribution < -0.4 is 9.64 Å². The Labute approximate surface area is 179 Å². The molecule has 3 aromatic rings. The third kappa shape index (κ3) is 4.52. The average Bonchev–Trinajstić information content (AvgIpc) is 3.40. The number of amides is 1. The highest BCUT2D eigenvalue weighted by Crippen LogP contribution is 2.28. The summed E-state index contributed by atoms with van der Waals surface area (Å²) in [6, 6.07) is 17.2. The van der Waals surface area contributed by atoms with E-state index in [1.165, 1.54) is 11.3 Å². The van der Waals surface area contributed by atoms with Crippen LogP contribution in [0.5, 0.6) is 5.75 Å². The number of nitrogens with zero attached hydrogens (tertiary/aromatic N) is 2. The highest BCUT2D eigenvalue weighted by Gasteiger charge is 2.36. The quantitative estimate of drug-likeness (QED) is 0.531. The fourth-order valence-electron chi connectivity index (χ4n) is 3.35. The zero-order valence-corrected chi connectivity index (χ0v) is 17.4. The molecule has 0 aliphatic carbocycles. The van der Waals surface area contributed by atoms with E-state index < -0.39 is 5.92 Å². The Hall–Kier alpha value is -3.19. The number of aromatic nitrogens is 1. The van der Waals surface area contributed by atoms with Gasteiger partial charge in [0.2, 0.25) is 5.91 Å². The van der Waals surface area contributed by atoms with Crippen molar-refractivity contribution in [2.75, 3.05) is 18.1 Å². The molecule has 6 nitrogen and oxygen atoms in total. The Bertz CT molecular complexity index is 1020. The fraction of sp³-hybridized carbons (Fsp3) is 0.261. The Morgan fingerprint density at radius 2 is 1.93 bits per heavy atom. The van der Waals surface area contributed by atoms with Crippen LogP contribution in [0.3, 0.4) is 0 Å². The van der Waals surface area contributed by atoms with Crippen LogP contribution in [0.4, 0.5) is 5.69 Å². The number of hydrogen-bond acceptors (Lipinski definition) is 6. The normalized spacial score (nSPS) is 16.0. The second kappa shape index (κ2) is 9.09. The lowest BCUT2D eigenvalue weighted by molar-refractivity contribution is -0.149. The minimum Gasteiger partial charge on any atom is -0.494 e. The van der Waals surface area contributed by atoms with Gasteiger partial charge < -0.3 is 14.4 Å². The van der Waals surface area contributed by atoms with E-state index in [1.54, 1.807) is 4.90 Å². The molecule has 1 aliphatic heterocycles. The van der Waals surface area contributed by atoms with Gasteiger partial charge in [-0.2, -0.15) is 0 Å². The van der Waals surface area contributed by atoms with Crippen LogP contribution in [-0.2, 0) is 20.9 Å². The zero-order valence-electron chi connectivity index (χ0n) is 16.6. The predicted octanol–water partition coefficient (Wildman–Crippen LogP) is 4.31. The largest absolute Gasteiger partial charge is 0.494 e. The van der Waals surface area contributed by atoms with Crippen molar-refractivity contribution in [3.63, 3.8) is 0 Å². The van der Waals surface area contributed by atoms with Gasteiger partial charge in [0.25, 0.3) is 0 Å². The number of esters is 1. The van der Waals surface area contributed by atoms with Crippen molar-refractivity contribution in [2.24, 2.45) is 5.92 Å². The first-order chi connectivity index (χ1) is 14.6. The summed E-state index contributed by atoms with van der Waals surface area (Å²) >= 11 is 1.51. The van der Waals surface area contributed by atoms with Gasteiger partial charge in [0.05, 0.1) is 18.2 Å². The fourth-order valence-corrected chi connectivity index (χ4v) is 4.16. The van der Waals surface area contributed by atoms with Crippen LogP contribution in [0.25, 0.3) is 10.6 Å². The third-order valence-electron chi connectivity index (χ3n) is 4.85. The van der Waals surface area contributed by atoms with E-state index in [0.29, 0.717) is 18.8 Å². The van der Waals surface area contributed by atoms with Crippen molar-refractivity contribution >= 4 is 28.9 Å². The van der Waals surface area contributed by atoms with E-state index >= 15 is 0 Å². The number of anilines is 1. The first kappa shape index (κ1) is 20.1. The second-order valence-corrected chi connectivity index (χ2v) is 7.81. The summed E-state index contributed by atoms with van der Waals surface area (Å²) in [4.78, 5) is 31.1. The maximum Gasteiger partial charge on any atom is 0.311 e. The topological polar surface area (TPSA) is 68.7 Å². The molecule has 0 radical (unpaired) electrons. The number of benzene rings is 2. The molecule has 0 saturated carbocycles. The molecule has 0 N–H and O–H groups in total. The summed E-state index contributed by atoms with van der Waals surface area (Å²) in [5.74, 6) is -0.175. The molecule has 30 heavy (non-hydrogen) atoms. The average molecular weight is 423 g/mol. The summed E-state index contributed by atoms with van der Waals surface area (Å²) in [5, 5.41) is 2.78. The maximum atomic E-state index is 12.5. The van der Waals surface area contributed by atoms with E-state index in [1.807, 2.05) is 66.9 Å². The zero-order chi connectivity index (χ0) is 20.9. The molecule has 7 heteroatoms. The van der Waals surface area contributed by atoms with Gasteiger partial charge in [0.15, 0.2) is 0 Å². The van der Waals surface area contributed by atoms with E-state index in [9.17, 15) is 9.59 Å². The van der Waals surface area contributed by atoms with Crippen molar-refractivity contribution in [1.82, 2.24) is 4.98 Å². The monoisotopic (exact) mass is 422 g/mol. The molecule has 2 aromatic carbocycles. The lowest BCUT2D eigenvalue weighted by Crippen LogP contribution is -2.26. The van der Waals surface area contributed by atoms with Crippen molar-refractivity contribution in [2.45, 2.75) is 20.0 Å². The van der Waals surface area contributed by atoms with Crippen molar-refractivity contribution in [3.8, 4) is 16.3 Å². The van der Waals surface area contributed by atoms with Gasteiger partial charge in [0, 0.05) is 29.6 Å². The number of carbonyl (C=O) groups excluding carboxylic acids is 2. The van der Waals surface area contributed by atoms with Gasteiger partial charge in [-0.05, 0) is 31.2 Å². The van der Waals surface area contributed by atoms with Gasteiger partial charge in [-0.15, -0.1) is 11.3 Å². The van der Waals surface area contributed by atoms with Gasteiger partial charge >= 0.3 is 5.97 Å². The van der Waals surface area contributed by atoms with E-state index in [0.717, 1.165) is 22.0 Å². The molecule has 1 saturated heterocycles. The first-order valence-corrected chi connectivity index (χ1v) is 10.7. The Kier molecular flexibility index (Phi) is 6.09. The van der Waals surface area contributed by atoms with Gasteiger partial charge in [0.1, 0.15) is 17.4 Å². The van der Waals surface area contributed by atoms with Crippen LogP contribution in [-0.4, -0.2) is 30.0 Å². The molecule has 1 fully saturated rings. The first-order valence-electron chi connectivity index (χ1n) is 9.83. The third-order valence-corrected chi connectivity index (χ3v) is 5.79. The molecule has 1 atom stereocenters. The van der Waals surface area contributed by atoms with Crippen LogP contribution >= 0.6 is 11.3 Å². The van der Waals surface area contributed by atoms with Gasteiger partial charge in [-0.1, -0.05) is 30.3 Å². The summed E-state index contributed by atoms with van der Waals surface area (Å²) in [6.45, 7) is 2.93. The minimum absolute atomic E-state index is 0.0823.